The van der Waals surface area contributed by atoms with Crippen molar-refractivity contribution in [1.29, 1.82) is 0 Å². The van der Waals surface area contributed by atoms with Crippen LogP contribution in [0, 0.1) is 5.82 Å². The number of sulfone groups is 1. The van der Waals surface area contributed by atoms with Gasteiger partial charge in [-0.05, 0) is 31.0 Å². The summed E-state index contributed by atoms with van der Waals surface area (Å²) in [7, 11) is -3.52. The van der Waals surface area contributed by atoms with Crippen LogP contribution in [-0.2, 0) is 9.84 Å². The molecule has 1 N–H and O–H groups in total. The molecule has 0 aliphatic carbocycles. The molecule has 1 saturated heterocycles. The zero-order valence-electron chi connectivity index (χ0n) is 9.03. The number of hydrogen-bond acceptors (Lipinski definition) is 3. The van der Waals surface area contributed by atoms with Gasteiger partial charge in [-0.2, -0.15) is 0 Å². The first-order chi connectivity index (χ1) is 7.50. The van der Waals surface area contributed by atoms with Crippen LogP contribution < -0.4 is 5.32 Å². The normalized spacial score (nSPS) is 21.2. The summed E-state index contributed by atoms with van der Waals surface area (Å²) < 4.78 is 36.7. The summed E-state index contributed by atoms with van der Waals surface area (Å²) in [5.41, 5.74) is 0.556. The molecule has 1 aliphatic heterocycles. The molecule has 0 radical (unpaired) electrons. The second-order valence-corrected chi connectivity index (χ2v) is 6.03. The first-order valence-electron chi connectivity index (χ1n) is 5.22. The van der Waals surface area contributed by atoms with Crippen molar-refractivity contribution in [2.24, 2.45) is 0 Å². The summed E-state index contributed by atoms with van der Waals surface area (Å²) in [6.07, 6.45) is 2.89. The van der Waals surface area contributed by atoms with Crippen LogP contribution in [0.5, 0.6) is 0 Å². The summed E-state index contributed by atoms with van der Waals surface area (Å²) in [6, 6.07) is 4.39. The molecule has 1 unspecified atom stereocenters. The van der Waals surface area contributed by atoms with Crippen LogP contribution in [0.25, 0.3) is 0 Å². The monoisotopic (exact) mass is 243 g/mol. The fraction of sp³-hybridized carbons (Fsp3) is 0.455. The van der Waals surface area contributed by atoms with Gasteiger partial charge < -0.3 is 5.32 Å². The standard InChI is InChI=1S/C11H14FNO2S/c1-16(14,15)11-8(4-2-5-9(11)12)10-6-3-7-13-10/h2,4-5,10,13H,3,6-7H2,1H3. The highest BCUT2D eigenvalue weighted by Crippen LogP contribution is 2.30. The molecule has 3 nitrogen and oxygen atoms in total. The average molecular weight is 243 g/mol. The number of nitrogens with one attached hydrogen (secondary N) is 1. The Balaban J connectivity index is 2.56. The van der Waals surface area contributed by atoms with E-state index in [0.29, 0.717) is 5.56 Å². The molecule has 88 valence electrons. The predicted octanol–water partition coefficient (Wildman–Crippen LogP) is 1.65. The van der Waals surface area contributed by atoms with E-state index >= 15 is 0 Å². The van der Waals surface area contributed by atoms with Crippen molar-refractivity contribution >= 4 is 9.84 Å². The van der Waals surface area contributed by atoms with E-state index in [1.165, 1.54) is 6.07 Å². The van der Waals surface area contributed by atoms with Gasteiger partial charge >= 0.3 is 0 Å². The van der Waals surface area contributed by atoms with E-state index in [1.807, 2.05) is 0 Å². The van der Waals surface area contributed by atoms with Crippen LogP contribution in [-0.4, -0.2) is 21.2 Å². The van der Waals surface area contributed by atoms with Gasteiger partial charge in [-0.3, -0.25) is 0 Å². The van der Waals surface area contributed by atoms with Crippen LogP contribution in [0.3, 0.4) is 0 Å². The quantitative estimate of drug-likeness (QED) is 0.859. The minimum absolute atomic E-state index is 0.0413. The summed E-state index contributed by atoms with van der Waals surface area (Å²) in [5.74, 6) is -0.659. The molecule has 1 atom stereocenters. The van der Waals surface area contributed by atoms with Gasteiger partial charge in [0.05, 0.1) is 0 Å². The van der Waals surface area contributed by atoms with Crippen LogP contribution in [0.4, 0.5) is 4.39 Å². The third kappa shape index (κ3) is 2.10. The molecule has 1 aromatic carbocycles. The van der Waals surface area contributed by atoms with Gasteiger partial charge in [0.2, 0.25) is 0 Å². The van der Waals surface area contributed by atoms with E-state index in [9.17, 15) is 12.8 Å². The Labute approximate surface area is 94.6 Å². The van der Waals surface area contributed by atoms with Crippen molar-refractivity contribution in [2.75, 3.05) is 12.8 Å². The van der Waals surface area contributed by atoms with E-state index in [0.717, 1.165) is 25.6 Å². The molecule has 0 aromatic heterocycles. The van der Waals surface area contributed by atoms with Crippen LogP contribution in [0.2, 0.25) is 0 Å². The van der Waals surface area contributed by atoms with Crippen molar-refractivity contribution in [3.8, 4) is 0 Å². The molecule has 1 fully saturated rings. The number of halogens is 1. The molecule has 1 heterocycles. The van der Waals surface area contributed by atoms with Gasteiger partial charge in [-0.25, -0.2) is 12.8 Å². The second kappa shape index (κ2) is 4.14. The highest BCUT2D eigenvalue weighted by atomic mass is 32.2. The van der Waals surface area contributed by atoms with Crippen LogP contribution in [0.1, 0.15) is 24.4 Å². The van der Waals surface area contributed by atoms with E-state index in [1.54, 1.807) is 12.1 Å². The third-order valence-corrected chi connectivity index (χ3v) is 3.98. The largest absolute Gasteiger partial charge is 0.310 e. The Bertz CT molecular complexity index is 493. The van der Waals surface area contributed by atoms with Gasteiger partial charge in [0.15, 0.2) is 9.84 Å². The van der Waals surface area contributed by atoms with Gasteiger partial charge in [0.25, 0.3) is 0 Å². The molecule has 0 bridgehead atoms. The Morgan fingerprint density at radius 2 is 2.19 bits per heavy atom. The summed E-state index contributed by atoms with van der Waals surface area (Å²) >= 11 is 0. The molecule has 5 heteroatoms. The lowest BCUT2D eigenvalue weighted by atomic mass is 10.1. The lowest BCUT2D eigenvalue weighted by Gasteiger charge is -2.15. The lowest BCUT2D eigenvalue weighted by Crippen LogP contribution is -2.17. The molecule has 16 heavy (non-hydrogen) atoms. The van der Waals surface area contributed by atoms with Gasteiger partial charge in [-0.1, -0.05) is 12.1 Å². The Morgan fingerprint density at radius 3 is 2.75 bits per heavy atom. The maximum absolute atomic E-state index is 13.6. The molecule has 1 aromatic rings. The van der Waals surface area contributed by atoms with Gasteiger partial charge in [0, 0.05) is 12.3 Å². The third-order valence-electron chi connectivity index (χ3n) is 2.80. The average Bonchev–Trinajstić information content (AvgIpc) is 2.67. The van der Waals surface area contributed by atoms with Gasteiger partial charge in [-0.15, -0.1) is 0 Å². The molecular weight excluding hydrogens is 229 g/mol. The Hall–Kier alpha value is -0.940. The first kappa shape index (κ1) is 11.5. The predicted molar refractivity (Wildman–Crippen MR) is 59.5 cm³/mol. The maximum Gasteiger partial charge on any atom is 0.178 e. The minimum Gasteiger partial charge on any atom is -0.310 e. The Morgan fingerprint density at radius 1 is 1.44 bits per heavy atom. The van der Waals surface area contributed by atoms with Crippen molar-refractivity contribution < 1.29 is 12.8 Å². The van der Waals surface area contributed by atoms with E-state index in [-0.39, 0.29) is 10.9 Å². The number of benzene rings is 1. The number of rotatable bonds is 2. The topological polar surface area (TPSA) is 46.2 Å². The van der Waals surface area contributed by atoms with Gasteiger partial charge in [0.1, 0.15) is 10.7 Å². The minimum atomic E-state index is -3.52. The molecule has 1 aliphatic rings. The summed E-state index contributed by atoms with van der Waals surface area (Å²) in [4.78, 5) is -0.158. The fourth-order valence-corrected chi connectivity index (χ4v) is 3.20. The van der Waals surface area contributed by atoms with E-state index in [2.05, 4.69) is 5.32 Å². The smallest absolute Gasteiger partial charge is 0.178 e. The van der Waals surface area contributed by atoms with Crippen molar-refractivity contribution in [3.63, 3.8) is 0 Å². The zero-order valence-corrected chi connectivity index (χ0v) is 9.85. The zero-order chi connectivity index (χ0) is 11.8. The second-order valence-electron chi connectivity index (χ2n) is 4.08. The van der Waals surface area contributed by atoms with E-state index in [4.69, 9.17) is 0 Å². The lowest BCUT2D eigenvalue weighted by molar-refractivity contribution is 0.550. The highest BCUT2D eigenvalue weighted by molar-refractivity contribution is 7.90. The molecule has 0 spiro atoms. The molecular formula is C11H14FNO2S. The molecule has 0 amide bonds. The van der Waals surface area contributed by atoms with Crippen molar-refractivity contribution in [1.82, 2.24) is 5.32 Å². The fourth-order valence-electron chi connectivity index (χ4n) is 2.14. The number of hydrogen-bond donors (Lipinski definition) is 1. The maximum atomic E-state index is 13.6. The Kier molecular flexibility index (Phi) is 2.99. The summed E-state index contributed by atoms with van der Waals surface area (Å²) in [5, 5.41) is 3.18. The highest BCUT2D eigenvalue weighted by Gasteiger charge is 2.25. The summed E-state index contributed by atoms with van der Waals surface area (Å²) in [6.45, 7) is 0.852. The van der Waals surface area contributed by atoms with Crippen molar-refractivity contribution in [2.45, 2.75) is 23.8 Å². The van der Waals surface area contributed by atoms with Crippen LogP contribution in [0.15, 0.2) is 23.1 Å². The molecule has 2 rings (SSSR count). The van der Waals surface area contributed by atoms with Crippen LogP contribution >= 0.6 is 0 Å². The van der Waals surface area contributed by atoms with E-state index < -0.39 is 15.7 Å². The molecule has 0 saturated carbocycles. The van der Waals surface area contributed by atoms with Crippen molar-refractivity contribution in [3.05, 3.63) is 29.6 Å². The first-order valence-corrected chi connectivity index (χ1v) is 7.11. The SMILES string of the molecule is CS(=O)(=O)c1c(F)cccc1C1CCCN1.